The molecule has 0 bridgehead atoms. The molecule has 26 heavy (non-hydrogen) atoms. The lowest BCUT2D eigenvalue weighted by molar-refractivity contribution is 0.0942. The Morgan fingerprint density at radius 3 is 2.73 bits per heavy atom. The fourth-order valence-corrected chi connectivity index (χ4v) is 3.40. The normalized spacial score (nSPS) is 18.1. The van der Waals surface area contributed by atoms with E-state index in [9.17, 15) is 9.18 Å². The van der Waals surface area contributed by atoms with Gasteiger partial charge in [-0.2, -0.15) is 5.10 Å². The van der Waals surface area contributed by atoms with Crippen LogP contribution in [0.1, 0.15) is 34.9 Å². The van der Waals surface area contributed by atoms with Crippen LogP contribution in [0.2, 0.25) is 0 Å². The third kappa shape index (κ3) is 3.88. The van der Waals surface area contributed by atoms with Crippen molar-refractivity contribution < 1.29 is 9.18 Å². The average Bonchev–Trinajstić information content (AvgIpc) is 3.39. The number of para-hydroxylation sites is 1. The highest BCUT2D eigenvalue weighted by Crippen LogP contribution is 2.38. The Morgan fingerprint density at radius 2 is 2.00 bits per heavy atom. The van der Waals surface area contributed by atoms with Gasteiger partial charge in [-0.1, -0.05) is 12.1 Å². The summed E-state index contributed by atoms with van der Waals surface area (Å²) in [4.78, 5) is 16.5. The highest BCUT2D eigenvalue weighted by atomic mass is 19.1. The number of carbonyl (C=O) groups is 1. The average molecular weight is 357 g/mol. The minimum Gasteiger partial charge on any atom is -0.367 e. The summed E-state index contributed by atoms with van der Waals surface area (Å²) < 4.78 is 13.9. The summed E-state index contributed by atoms with van der Waals surface area (Å²) >= 11 is 0. The molecule has 2 aromatic rings. The first-order valence-corrected chi connectivity index (χ1v) is 9.26. The van der Waals surface area contributed by atoms with Gasteiger partial charge in [-0.15, -0.1) is 0 Å². The van der Waals surface area contributed by atoms with Crippen molar-refractivity contribution in [3.8, 4) is 0 Å². The molecule has 1 aliphatic carbocycles. The zero-order valence-corrected chi connectivity index (χ0v) is 14.7. The van der Waals surface area contributed by atoms with E-state index >= 15 is 0 Å². The molecule has 7 heteroatoms. The monoisotopic (exact) mass is 357 g/mol. The van der Waals surface area contributed by atoms with Crippen LogP contribution in [0.15, 0.2) is 30.3 Å². The lowest BCUT2D eigenvalue weighted by Gasteiger charge is -2.36. The van der Waals surface area contributed by atoms with Crippen molar-refractivity contribution in [3.63, 3.8) is 0 Å². The summed E-state index contributed by atoms with van der Waals surface area (Å²) in [6.07, 6.45) is 2.37. The van der Waals surface area contributed by atoms with E-state index in [-0.39, 0.29) is 11.7 Å². The fraction of sp³-hybridized carbons (Fsp3) is 0.474. The van der Waals surface area contributed by atoms with Crippen LogP contribution < -0.4 is 10.2 Å². The number of carbonyl (C=O) groups excluding carboxylic acids is 1. The van der Waals surface area contributed by atoms with Crippen LogP contribution in [-0.4, -0.2) is 60.3 Å². The quantitative estimate of drug-likeness (QED) is 0.830. The van der Waals surface area contributed by atoms with E-state index < -0.39 is 0 Å². The number of halogens is 1. The van der Waals surface area contributed by atoms with E-state index in [2.05, 4.69) is 25.3 Å². The molecule has 2 aliphatic rings. The zero-order valence-electron chi connectivity index (χ0n) is 14.7. The number of aromatic amines is 1. The van der Waals surface area contributed by atoms with Gasteiger partial charge in [-0.05, 0) is 31.0 Å². The van der Waals surface area contributed by atoms with Gasteiger partial charge < -0.3 is 10.2 Å². The molecule has 138 valence electrons. The summed E-state index contributed by atoms with van der Waals surface area (Å²) in [5.74, 6) is 0.269. The molecule has 0 unspecified atom stereocenters. The maximum absolute atomic E-state index is 13.9. The molecule has 2 heterocycles. The molecule has 1 aromatic carbocycles. The van der Waals surface area contributed by atoms with Crippen LogP contribution in [0.4, 0.5) is 10.1 Å². The van der Waals surface area contributed by atoms with E-state index in [1.54, 1.807) is 6.07 Å². The summed E-state index contributed by atoms with van der Waals surface area (Å²) in [6.45, 7) is 4.68. The Kier molecular flexibility index (Phi) is 4.88. The van der Waals surface area contributed by atoms with E-state index in [0.29, 0.717) is 23.8 Å². The fourth-order valence-electron chi connectivity index (χ4n) is 3.40. The Balaban J connectivity index is 1.20. The lowest BCUT2D eigenvalue weighted by atomic mass is 10.2. The Morgan fingerprint density at radius 1 is 1.23 bits per heavy atom. The number of benzene rings is 1. The molecule has 1 saturated heterocycles. The molecule has 1 aromatic heterocycles. The minimum atomic E-state index is -0.169. The Bertz CT molecular complexity index is 765. The maximum Gasteiger partial charge on any atom is 0.271 e. The lowest BCUT2D eigenvalue weighted by Crippen LogP contribution is -2.48. The largest absolute Gasteiger partial charge is 0.367 e. The molecule has 1 saturated carbocycles. The van der Waals surface area contributed by atoms with E-state index in [0.717, 1.165) is 38.4 Å². The molecule has 4 rings (SSSR count). The topological polar surface area (TPSA) is 64.3 Å². The van der Waals surface area contributed by atoms with Crippen molar-refractivity contribution in [1.29, 1.82) is 0 Å². The number of anilines is 1. The number of aromatic nitrogens is 2. The minimum absolute atomic E-state index is 0.127. The van der Waals surface area contributed by atoms with E-state index in [1.807, 2.05) is 18.2 Å². The standard InChI is InChI=1S/C19H24FN5O/c20-15-3-1-2-4-18(15)25-11-9-24(10-12-25)8-7-21-19(26)17-13-16(22-23-17)14-5-6-14/h1-4,13-14H,5-12H2,(H,21,26)(H,22,23). The van der Waals surface area contributed by atoms with Crippen molar-refractivity contribution in [1.82, 2.24) is 20.4 Å². The molecule has 1 aliphatic heterocycles. The third-order valence-corrected chi connectivity index (χ3v) is 5.13. The van der Waals surface area contributed by atoms with Crippen LogP contribution in [0.3, 0.4) is 0 Å². The predicted molar refractivity (Wildman–Crippen MR) is 97.9 cm³/mol. The number of H-pyrrole nitrogens is 1. The van der Waals surface area contributed by atoms with Gasteiger partial charge in [0.1, 0.15) is 11.5 Å². The first-order chi connectivity index (χ1) is 12.7. The van der Waals surface area contributed by atoms with Crippen LogP contribution in [-0.2, 0) is 0 Å². The van der Waals surface area contributed by atoms with Gasteiger partial charge in [-0.25, -0.2) is 4.39 Å². The molecule has 2 N–H and O–H groups in total. The van der Waals surface area contributed by atoms with Crippen LogP contribution in [0.25, 0.3) is 0 Å². The first-order valence-electron chi connectivity index (χ1n) is 9.26. The van der Waals surface area contributed by atoms with Crippen LogP contribution >= 0.6 is 0 Å². The Hall–Kier alpha value is -2.41. The molecule has 2 fully saturated rings. The van der Waals surface area contributed by atoms with Crippen molar-refractivity contribution in [2.75, 3.05) is 44.2 Å². The number of hydrogen-bond acceptors (Lipinski definition) is 4. The number of nitrogens with zero attached hydrogens (tertiary/aromatic N) is 3. The number of amides is 1. The molecule has 0 spiro atoms. The predicted octanol–water partition coefficient (Wildman–Crippen LogP) is 1.98. The van der Waals surface area contributed by atoms with Gasteiger partial charge >= 0.3 is 0 Å². The third-order valence-electron chi connectivity index (χ3n) is 5.13. The van der Waals surface area contributed by atoms with Gasteiger partial charge in [0, 0.05) is 50.9 Å². The molecule has 0 radical (unpaired) electrons. The SMILES string of the molecule is O=C(NCCN1CCN(c2ccccc2F)CC1)c1cc(C2CC2)[nH]n1. The summed E-state index contributed by atoms with van der Waals surface area (Å²) in [5.41, 5.74) is 2.21. The van der Waals surface area contributed by atoms with E-state index in [4.69, 9.17) is 0 Å². The molecule has 1 amide bonds. The molecule has 0 atom stereocenters. The first kappa shape index (κ1) is 17.0. The van der Waals surface area contributed by atoms with Gasteiger partial charge in [0.2, 0.25) is 0 Å². The van der Waals surface area contributed by atoms with Crippen molar-refractivity contribution in [2.45, 2.75) is 18.8 Å². The highest BCUT2D eigenvalue weighted by Gasteiger charge is 2.26. The zero-order chi connectivity index (χ0) is 17.9. The second kappa shape index (κ2) is 7.45. The second-order valence-electron chi connectivity index (χ2n) is 7.02. The summed E-state index contributed by atoms with van der Waals surface area (Å²) in [5, 5.41) is 9.99. The molecular formula is C19H24FN5O. The smallest absolute Gasteiger partial charge is 0.271 e. The van der Waals surface area contributed by atoms with E-state index in [1.165, 1.54) is 18.9 Å². The maximum atomic E-state index is 13.9. The van der Waals surface area contributed by atoms with Crippen molar-refractivity contribution in [3.05, 3.63) is 47.5 Å². The van der Waals surface area contributed by atoms with Gasteiger partial charge in [0.25, 0.3) is 5.91 Å². The number of hydrogen-bond donors (Lipinski definition) is 2. The van der Waals surface area contributed by atoms with Crippen LogP contribution in [0, 0.1) is 5.82 Å². The number of nitrogens with one attached hydrogen (secondary N) is 2. The number of rotatable bonds is 6. The second-order valence-corrected chi connectivity index (χ2v) is 7.02. The summed E-state index contributed by atoms with van der Waals surface area (Å²) in [6, 6.07) is 8.76. The van der Waals surface area contributed by atoms with Crippen molar-refractivity contribution >= 4 is 11.6 Å². The molecule has 6 nitrogen and oxygen atoms in total. The van der Waals surface area contributed by atoms with Gasteiger partial charge in [-0.3, -0.25) is 14.8 Å². The molecular weight excluding hydrogens is 333 g/mol. The van der Waals surface area contributed by atoms with Gasteiger partial charge in [0.15, 0.2) is 0 Å². The van der Waals surface area contributed by atoms with Gasteiger partial charge in [0.05, 0.1) is 5.69 Å². The summed E-state index contributed by atoms with van der Waals surface area (Å²) in [7, 11) is 0. The van der Waals surface area contributed by atoms with Crippen LogP contribution in [0.5, 0.6) is 0 Å². The Labute approximate surface area is 152 Å². The highest BCUT2D eigenvalue weighted by molar-refractivity contribution is 5.92. The number of piperazine rings is 1. The van der Waals surface area contributed by atoms with Crippen molar-refractivity contribution in [2.24, 2.45) is 0 Å².